The van der Waals surface area contributed by atoms with Crippen LogP contribution in [0.1, 0.15) is 34.8 Å². The molecule has 0 bridgehead atoms. The molecule has 0 spiro atoms. The summed E-state index contributed by atoms with van der Waals surface area (Å²) in [5.74, 6) is 0.467. The van der Waals surface area contributed by atoms with Crippen LogP contribution in [0.25, 0.3) is 10.4 Å². The zero-order valence-electron chi connectivity index (χ0n) is 24.5. The van der Waals surface area contributed by atoms with E-state index in [0.29, 0.717) is 35.5 Å². The van der Waals surface area contributed by atoms with Gasteiger partial charge >= 0.3 is 0 Å². The van der Waals surface area contributed by atoms with Crippen LogP contribution >= 0.6 is 15.9 Å². The Kier molecular flexibility index (Phi) is 12.1. The lowest BCUT2D eigenvalue weighted by Crippen LogP contribution is -2.55. The summed E-state index contributed by atoms with van der Waals surface area (Å²) in [6, 6.07) is 22.2. The predicted octanol–water partition coefficient (Wildman–Crippen LogP) is 4.76. The monoisotopic (exact) mass is 666 g/mol. The van der Waals surface area contributed by atoms with Crippen LogP contribution in [0, 0.1) is 0 Å². The number of rotatable bonds is 16. The second-order valence-electron chi connectivity index (χ2n) is 9.92. The SMILES string of the molecule is COC(CNNC(=O)[C@@]1(Cc2ccc(Br)cc2)N=C(c2ccc(OCCCO)cc2)O[C@H]1c1ccccc1CN=[N+]=[N-])OC. The second kappa shape index (κ2) is 16.2. The first kappa shape index (κ1) is 32.9. The third-order valence-electron chi connectivity index (χ3n) is 7.06. The van der Waals surface area contributed by atoms with Crippen molar-refractivity contribution in [2.24, 2.45) is 10.1 Å². The number of carbonyl (C=O) groups excluding carboxylic acids is 1. The Balaban J connectivity index is 1.79. The van der Waals surface area contributed by atoms with E-state index in [0.717, 1.165) is 10.0 Å². The van der Waals surface area contributed by atoms with Gasteiger partial charge in [-0.15, -0.1) is 0 Å². The van der Waals surface area contributed by atoms with Crippen LogP contribution in [0.2, 0.25) is 0 Å². The van der Waals surface area contributed by atoms with Crippen LogP contribution in [0.4, 0.5) is 0 Å². The minimum Gasteiger partial charge on any atom is -0.494 e. The summed E-state index contributed by atoms with van der Waals surface area (Å²) >= 11 is 3.48. The highest BCUT2D eigenvalue weighted by atomic mass is 79.9. The zero-order valence-corrected chi connectivity index (χ0v) is 26.1. The van der Waals surface area contributed by atoms with Crippen molar-refractivity contribution in [3.63, 3.8) is 0 Å². The highest BCUT2D eigenvalue weighted by Crippen LogP contribution is 2.43. The van der Waals surface area contributed by atoms with Crippen molar-refractivity contribution in [2.45, 2.75) is 37.3 Å². The molecule has 13 heteroatoms. The fraction of sp³-hybridized carbons (Fsp3) is 0.355. The molecule has 3 aromatic carbocycles. The van der Waals surface area contributed by atoms with E-state index in [9.17, 15) is 4.79 Å². The molecule has 0 aliphatic carbocycles. The van der Waals surface area contributed by atoms with Crippen LogP contribution in [-0.4, -0.2) is 62.7 Å². The molecule has 1 aliphatic heterocycles. The van der Waals surface area contributed by atoms with Gasteiger partial charge < -0.3 is 24.1 Å². The number of nitrogens with one attached hydrogen (secondary N) is 2. The first-order valence-electron chi connectivity index (χ1n) is 14.0. The third kappa shape index (κ3) is 8.14. The molecular weight excluding hydrogens is 632 g/mol. The maximum absolute atomic E-state index is 14.3. The highest BCUT2D eigenvalue weighted by Gasteiger charge is 2.54. The molecular formula is C31H35BrN6O6. The maximum atomic E-state index is 14.3. The minimum absolute atomic E-state index is 0.0419. The number of hydrogen-bond acceptors (Lipinski definition) is 9. The van der Waals surface area contributed by atoms with Crippen molar-refractivity contribution < 1.29 is 28.8 Å². The average molecular weight is 668 g/mol. The number of halogens is 1. The summed E-state index contributed by atoms with van der Waals surface area (Å²) in [4.78, 5) is 22.3. The Morgan fingerprint density at radius 3 is 2.55 bits per heavy atom. The number of aliphatic imine (C=N–C) groups is 1. The van der Waals surface area contributed by atoms with Gasteiger partial charge in [-0.05, 0) is 58.6 Å². The van der Waals surface area contributed by atoms with Gasteiger partial charge in [0, 0.05) is 48.6 Å². The lowest BCUT2D eigenvalue weighted by atomic mass is 9.81. The third-order valence-corrected chi connectivity index (χ3v) is 7.58. The normalized spacial score (nSPS) is 17.5. The Morgan fingerprint density at radius 1 is 1.14 bits per heavy atom. The Labute approximate surface area is 264 Å². The lowest BCUT2D eigenvalue weighted by molar-refractivity contribution is -0.131. The zero-order chi connectivity index (χ0) is 31.4. The molecule has 0 unspecified atom stereocenters. The van der Waals surface area contributed by atoms with E-state index in [-0.39, 0.29) is 32.0 Å². The molecule has 0 radical (unpaired) electrons. The summed E-state index contributed by atoms with van der Waals surface area (Å²) in [5.41, 5.74) is 16.2. The van der Waals surface area contributed by atoms with E-state index in [1.807, 2.05) is 60.7 Å². The van der Waals surface area contributed by atoms with Crippen molar-refractivity contribution in [3.8, 4) is 5.75 Å². The summed E-state index contributed by atoms with van der Waals surface area (Å²) in [5, 5.41) is 12.8. The summed E-state index contributed by atoms with van der Waals surface area (Å²) in [6.45, 7) is 0.674. The van der Waals surface area contributed by atoms with E-state index in [1.165, 1.54) is 14.2 Å². The van der Waals surface area contributed by atoms with Crippen molar-refractivity contribution in [1.82, 2.24) is 10.9 Å². The molecule has 0 fully saturated rings. The number of methoxy groups -OCH3 is 2. The lowest BCUT2D eigenvalue weighted by Gasteiger charge is -2.32. The molecule has 1 amide bonds. The van der Waals surface area contributed by atoms with Crippen molar-refractivity contribution in [3.05, 3.63) is 110 Å². The fourth-order valence-electron chi connectivity index (χ4n) is 4.80. The topological polar surface area (TPSA) is 159 Å². The molecule has 2 atom stereocenters. The van der Waals surface area contributed by atoms with Gasteiger partial charge in [-0.1, -0.05) is 57.4 Å². The van der Waals surface area contributed by atoms with Crippen LogP contribution in [0.3, 0.4) is 0 Å². The molecule has 3 aromatic rings. The number of amides is 1. The predicted molar refractivity (Wildman–Crippen MR) is 168 cm³/mol. The van der Waals surface area contributed by atoms with Crippen LogP contribution in [-0.2, 0) is 32.0 Å². The summed E-state index contributed by atoms with van der Waals surface area (Å²) in [7, 11) is 3.02. The number of benzene rings is 3. The van der Waals surface area contributed by atoms with Gasteiger partial charge in [0.05, 0.1) is 19.7 Å². The van der Waals surface area contributed by atoms with E-state index in [1.54, 1.807) is 12.1 Å². The number of aliphatic hydroxyl groups excluding tert-OH is 1. The van der Waals surface area contributed by atoms with Gasteiger partial charge in [0.15, 0.2) is 17.9 Å². The highest BCUT2D eigenvalue weighted by molar-refractivity contribution is 9.10. The molecule has 0 saturated heterocycles. The number of hydrazine groups is 1. The maximum Gasteiger partial charge on any atom is 0.266 e. The largest absolute Gasteiger partial charge is 0.494 e. The van der Waals surface area contributed by atoms with Crippen LogP contribution in [0.5, 0.6) is 5.75 Å². The Bertz CT molecular complexity index is 1460. The Hall–Kier alpha value is -3.97. The minimum atomic E-state index is -1.48. The molecule has 3 N–H and O–H groups in total. The molecule has 0 saturated carbocycles. The molecule has 232 valence electrons. The van der Waals surface area contributed by atoms with Crippen LogP contribution in [0.15, 0.2) is 87.4 Å². The van der Waals surface area contributed by atoms with Crippen LogP contribution < -0.4 is 15.6 Å². The van der Waals surface area contributed by atoms with Crippen molar-refractivity contribution in [1.29, 1.82) is 0 Å². The van der Waals surface area contributed by atoms with Crippen molar-refractivity contribution in [2.75, 3.05) is 34.0 Å². The van der Waals surface area contributed by atoms with Gasteiger partial charge in [0.2, 0.25) is 5.90 Å². The second-order valence-corrected chi connectivity index (χ2v) is 10.8. The Morgan fingerprint density at radius 2 is 1.86 bits per heavy atom. The van der Waals surface area contributed by atoms with E-state index < -0.39 is 23.8 Å². The smallest absolute Gasteiger partial charge is 0.266 e. The summed E-state index contributed by atoms with van der Waals surface area (Å²) in [6.07, 6.45) is -0.756. The molecule has 4 rings (SSSR count). The molecule has 12 nitrogen and oxygen atoms in total. The van der Waals surface area contributed by atoms with Crippen molar-refractivity contribution >= 4 is 27.7 Å². The van der Waals surface area contributed by atoms with Gasteiger partial charge in [0.25, 0.3) is 5.91 Å². The quantitative estimate of drug-likeness (QED) is 0.0496. The summed E-state index contributed by atoms with van der Waals surface area (Å²) < 4.78 is 23.7. The molecule has 44 heavy (non-hydrogen) atoms. The van der Waals surface area contributed by atoms with Gasteiger partial charge in [-0.3, -0.25) is 10.2 Å². The van der Waals surface area contributed by atoms with Gasteiger partial charge in [-0.2, -0.15) is 0 Å². The van der Waals surface area contributed by atoms with E-state index >= 15 is 0 Å². The number of nitrogens with zero attached hydrogens (tertiary/aromatic N) is 4. The number of hydrogen-bond donors (Lipinski definition) is 3. The molecule has 0 aromatic heterocycles. The average Bonchev–Trinajstić information content (AvgIpc) is 3.44. The van der Waals surface area contributed by atoms with E-state index in [4.69, 9.17) is 34.6 Å². The number of carbonyl (C=O) groups is 1. The van der Waals surface area contributed by atoms with Gasteiger partial charge in [0.1, 0.15) is 5.75 Å². The first-order chi connectivity index (χ1) is 21.4. The fourth-order valence-corrected chi connectivity index (χ4v) is 5.06. The number of ether oxygens (including phenoxy) is 4. The first-order valence-corrected chi connectivity index (χ1v) is 14.8. The number of aliphatic hydroxyl groups is 1. The molecule has 1 heterocycles. The van der Waals surface area contributed by atoms with E-state index in [2.05, 4.69) is 36.8 Å². The number of azide groups is 1. The standard InChI is InChI=1S/C31H35BrN6O6/c1-41-27(42-2)20-34-37-30(40)31(18-21-8-12-24(32)13-9-21)28(26-7-4-3-6-23(26)19-35-38-33)44-29(36-31)22-10-14-25(15-11-22)43-17-5-16-39/h3-4,6-15,27-28,34,39H,5,16-20H2,1-2H3,(H,37,40)/t28-,31-/m0/s1. The van der Waals surface area contributed by atoms with Gasteiger partial charge in [-0.25, -0.2) is 10.4 Å². The molecule has 1 aliphatic rings.